The number of carbonyl (C=O) groups is 1. The third-order valence-electron chi connectivity index (χ3n) is 6.04. The molecule has 0 aliphatic carbocycles. The van der Waals surface area contributed by atoms with E-state index in [1.165, 1.54) is 17.0 Å². The fourth-order valence-electron chi connectivity index (χ4n) is 4.03. The number of ether oxygens (including phenoxy) is 3. The molecule has 4 aromatic rings. The Hall–Kier alpha value is -3.91. The van der Waals surface area contributed by atoms with Crippen LogP contribution in [0.4, 0.5) is 5.82 Å². The lowest BCUT2D eigenvalue weighted by Gasteiger charge is -2.17. The number of anilines is 1. The molecule has 214 valence electrons. The highest BCUT2D eigenvalue weighted by atomic mass is 35.5. The monoisotopic (exact) mass is 602 g/mol. The summed E-state index contributed by atoms with van der Waals surface area (Å²) < 4.78 is 27.2. The number of benzene rings is 2. The van der Waals surface area contributed by atoms with Gasteiger partial charge in [0.2, 0.25) is 11.0 Å². The van der Waals surface area contributed by atoms with Gasteiger partial charge in [-0.1, -0.05) is 47.2 Å². The molecular formula is C25H24ClN6O8P. The average molecular weight is 603 g/mol. The number of rotatable bonds is 10. The number of hydrogen-bond donors (Lipinski definition) is 3. The van der Waals surface area contributed by atoms with Crippen molar-refractivity contribution in [3.63, 3.8) is 0 Å². The van der Waals surface area contributed by atoms with Crippen LogP contribution < -0.4 is 19.9 Å². The number of nitrogens with two attached hydrogens (primary N) is 1. The molecular weight excluding hydrogens is 579 g/mol. The number of aliphatic hydroxyl groups excluding tert-OH is 2. The number of halogens is 1. The van der Waals surface area contributed by atoms with E-state index < -0.39 is 45.2 Å². The number of aromatic nitrogens is 4. The zero-order chi connectivity index (χ0) is 28.9. The predicted molar refractivity (Wildman–Crippen MR) is 144 cm³/mol. The van der Waals surface area contributed by atoms with Crippen LogP contribution in [0.5, 0.6) is 11.5 Å². The molecule has 41 heavy (non-hydrogen) atoms. The van der Waals surface area contributed by atoms with Crippen LogP contribution in [-0.2, 0) is 20.9 Å². The van der Waals surface area contributed by atoms with Gasteiger partial charge in [0.25, 0.3) is 0 Å². The van der Waals surface area contributed by atoms with Gasteiger partial charge in [0.1, 0.15) is 37.9 Å². The Labute approximate surface area is 238 Å². The van der Waals surface area contributed by atoms with Gasteiger partial charge in [-0.25, -0.2) is 19.7 Å². The van der Waals surface area contributed by atoms with Crippen LogP contribution in [0.25, 0.3) is 11.2 Å². The van der Waals surface area contributed by atoms with Gasteiger partial charge in [-0.05, 0) is 29.3 Å². The van der Waals surface area contributed by atoms with Gasteiger partial charge in [-0.3, -0.25) is 9.09 Å². The quantitative estimate of drug-likeness (QED) is 0.135. The molecule has 4 N–H and O–H groups in total. The summed E-state index contributed by atoms with van der Waals surface area (Å²) in [5.41, 5.74) is 7.08. The second-order valence-corrected chi connectivity index (χ2v) is 10.0. The van der Waals surface area contributed by atoms with Crippen LogP contribution in [0.1, 0.15) is 11.8 Å². The van der Waals surface area contributed by atoms with Crippen LogP contribution in [-0.4, -0.2) is 67.2 Å². The van der Waals surface area contributed by atoms with Gasteiger partial charge in [-0.2, -0.15) is 0 Å². The Morgan fingerprint density at radius 3 is 2.63 bits per heavy atom. The van der Waals surface area contributed by atoms with Crippen molar-refractivity contribution in [3.05, 3.63) is 71.8 Å². The first-order valence-corrected chi connectivity index (χ1v) is 13.7. The maximum atomic E-state index is 12.4. The Morgan fingerprint density at radius 1 is 1.12 bits per heavy atom. The molecule has 0 saturated carbocycles. The highest BCUT2D eigenvalue weighted by molar-refractivity contribution is 7.34. The number of aliphatic hydroxyl groups is 2. The minimum Gasteiger partial charge on any atom is -0.575 e. The minimum atomic E-state index is -2.64. The number of carbonyl (C=O) groups excluding carboxylic acids is 1. The van der Waals surface area contributed by atoms with E-state index in [0.717, 1.165) is 5.56 Å². The van der Waals surface area contributed by atoms with Gasteiger partial charge in [0.05, 0.1) is 0 Å². The average Bonchev–Trinajstić information content (AvgIpc) is 3.46. The molecule has 16 heteroatoms. The number of hydrogen-bond acceptors (Lipinski definition) is 13. The zero-order valence-electron chi connectivity index (χ0n) is 21.2. The smallest absolute Gasteiger partial charge is 0.395 e. The summed E-state index contributed by atoms with van der Waals surface area (Å²) in [7, 11) is -2.64. The summed E-state index contributed by atoms with van der Waals surface area (Å²) in [4.78, 5) is 36.4. The molecule has 1 aliphatic heterocycles. The Bertz CT molecular complexity index is 1560. The van der Waals surface area contributed by atoms with E-state index in [0.29, 0.717) is 0 Å². The summed E-state index contributed by atoms with van der Waals surface area (Å²) >= 11 is 6.26. The van der Waals surface area contributed by atoms with Crippen LogP contribution >= 0.6 is 19.8 Å². The third kappa shape index (κ3) is 6.54. The Kier molecular flexibility index (Phi) is 8.88. The molecule has 14 nitrogen and oxygen atoms in total. The SMILES string of the molecule is Nc1ncnc2c1nc(Cl)n2[C@@H]1O[C@H](COc2ccccc2O[P+]([O-])=NCC(=O)OCc2ccccc2)[C@@H](O)[C@H]1O. The molecule has 5 rings (SSSR count). The molecule has 0 bridgehead atoms. The van der Waals surface area contributed by atoms with Gasteiger partial charge >= 0.3 is 14.1 Å². The first kappa shape index (κ1) is 28.6. The summed E-state index contributed by atoms with van der Waals surface area (Å²) in [5, 5.41) is 21.3. The van der Waals surface area contributed by atoms with Crippen LogP contribution in [0, 0.1) is 0 Å². The maximum absolute atomic E-state index is 12.4. The van der Waals surface area contributed by atoms with Crippen molar-refractivity contribution in [1.82, 2.24) is 19.5 Å². The van der Waals surface area contributed by atoms with Crippen molar-refractivity contribution in [2.24, 2.45) is 4.74 Å². The molecule has 3 heterocycles. The first-order chi connectivity index (χ1) is 19.8. The molecule has 1 aliphatic rings. The largest absolute Gasteiger partial charge is 0.575 e. The normalized spacial score (nSPS) is 20.7. The number of nitrogen functional groups attached to an aromatic ring is 1. The number of imidazole rings is 1. The Balaban J connectivity index is 1.20. The van der Waals surface area contributed by atoms with E-state index in [4.69, 9.17) is 36.1 Å². The number of para-hydroxylation sites is 2. The zero-order valence-corrected chi connectivity index (χ0v) is 22.8. The maximum Gasteiger partial charge on any atom is 0.395 e. The van der Waals surface area contributed by atoms with E-state index in [2.05, 4.69) is 19.7 Å². The van der Waals surface area contributed by atoms with Gasteiger partial charge < -0.3 is 35.1 Å². The van der Waals surface area contributed by atoms with Gasteiger partial charge in [0, 0.05) is 0 Å². The van der Waals surface area contributed by atoms with Gasteiger partial charge in [0.15, 0.2) is 35.5 Å². The molecule has 1 fully saturated rings. The highest BCUT2D eigenvalue weighted by Gasteiger charge is 2.45. The van der Waals surface area contributed by atoms with Gasteiger partial charge in [-0.15, -0.1) is 0 Å². The second kappa shape index (κ2) is 12.7. The molecule has 2 aromatic carbocycles. The van der Waals surface area contributed by atoms with E-state index in [-0.39, 0.29) is 47.0 Å². The van der Waals surface area contributed by atoms with Crippen molar-refractivity contribution in [3.8, 4) is 11.5 Å². The van der Waals surface area contributed by atoms with E-state index >= 15 is 0 Å². The van der Waals surface area contributed by atoms with Crippen molar-refractivity contribution in [2.45, 2.75) is 31.1 Å². The lowest BCUT2D eigenvalue weighted by Crippen LogP contribution is -2.34. The summed E-state index contributed by atoms with van der Waals surface area (Å²) in [5.74, 6) is -0.325. The molecule has 1 saturated heterocycles. The van der Waals surface area contributed by atoms with E-state index in [1.807, 2.05) is 18.2 Å². The molecule has 0 amide bonds. The molecule has 0 radical (unpaired) electrons. The predicted octanol–water partition coefficient (Wildman–Crippen LogP) is 1.74. The lowest BCUT2D eigenvalue weighted by molar-refractivity contribution is -0.169. The van der Waals surface area contributed by atoms with Crippen molar-refractivity contribution < 1.29 is 38.6 Å². The molecule has 5 atom stereocenters. The van der Waals surface area contributed by atoms with E-state index in [1.54, 1.807) is 30.3 Å². The Morgan fingerprint density at radius 2 is 1.85 bits per heavy atom. The van der Waals surface area contributed by atoms with Crippen molar-refractivity contribution in [1.29, 1.82) is 0 Å². The summed E-state index contributed by atoms with van der Waals surface area (Å²) in [6, 6.07) is 15.4. The topological polar surface area (TPSA) is 199 Å². The molecule has 2 aromatic heterocycles. The second-order valence-electron chi connectivity index (χ2n) is 8.76. The number of fused-ring (bicyclic) bond motifs is 1. The fraction of sp³-hybridized carbons (Fsp3) is 0.280. The summed E-state index contributed by atoms with van der Waals surface area (Å²) in [6.07, 6.45) is -3.71. The first-order valence-electron chi connectivity index (χ1n) is 12.2. The highest BCUT2D eigenvalue weighted by Crippen LogP contribution is 2.37. The third-order valence-corrected chi connectivity index (χ3v) is 7.03. The molecule has 0 spiro atoms. The van der Waals surface area contributed by atoms with Crippen molar-refractivity contribution in [2.75, 3.05) is 18.9 Å². The van der Waals surface area contributed by atoms with E-state index in [9.17, 15) is 19.9 Å². The van der Waals surface area contributed by atoms with Crippen LogP contribution in [0.3, 0.4) is 0 Å². The lowest BCUT2D eigenvalue weighted by atomic mass is 10.1. The standard InChI is InChI=1S/C25H24ClN6O8P/c26-25-31-19-22(27)28-13-29-23(19)32(25)24-21(35)20(34)17(39-24)12-37-15-8-4-5-9-16(15)40-41(36)30-10-18(33)38-11-14-6-2-1-3-7-14/h1-9,13,17,20-21,24,34-35H,10-12H2,(H2,27,28,29)/t17-,20-,21-,24-/m1/s1. The number of nitrogens with zero attached hydrogens (tertiary/aromatic N) is 5. The number of esters is 1. The fourth-order valence-corrected chi connectivity index (χ4v) is 4.90. The van der Waals surface area contributed by atoms with Crippen LogP contribution in [0.15, 0.2) is 65.7 Å². The minimum absolute atomic E-state index is 0.0687. The van der Waals surface area contributed by atoms with Crippen LogP contribution in [0.2, 0.25) is 5.28 Å². The van der Waals surface area contributed by atoms with Crippen molar-refractivity contribution >= 4 is 42.7 Å². The summed E-state index contributed by atoms with van der Waals surface area (Å²) in [6.45, 7) is -0.621. The molecule has 1 unspecified atom stereocenters.